The lowest BCUT2D eigenvalue weighted by Gasteiger charge is -2.24. The van der Waals surface area contributed by atoms with Crippen LogP contribution in [0.5, 0.6) is 0 Å². The van der Waals surface area contributed by atoms with Gasteiger partial charge in [-0.15, -0.1) is 0 Å². The number of likely N-dealkylation sites (tertiary alicyclic amines) is 1. The maximum atomic E-state index is 3.91. The molecule has 2 rings (SSSR count). The summed E-state index contributed by atoms with van der Waals surface area (Å²) in [6.45, 7) is 4.90. The lowest BCUT2D eigenvalue weighted by molar-refractivity contribution is 0.331. The Labute approximate surface area is 101 Å². The summed E-state index contributed by atoms with van der Waals surface area (Å²) in [4.78, 5) is 2.48. The average molecular weight is 224 g/mol. The maximum absolute atomic E-state index is 3.91. The third-order valence-electron chi connectivity index (χ3n) is 4.23. The van der Waals surface area contributed by atoms with Crippen molar-refractivity contribution in [3.63, 3.8) is 0 Å². The molecule has 2 atom stereocenters. The van der Waals surface area contributed by atoms with Gasteiger partial charge in [0.05, 0.1) is 0 Å². The van der Waals surface area contributed by atoms with Crippen LogP contribution in [0.15, 0.2) is 0 Å². The first kappa shape index (κ1) is 12.4. The van der Waals surface area contributed by atoms with Crippen molar-refractivity contribution in [3.05, 3.63) is 0 Å². The van der Waals surface area contributed by atoms with E-state index >= 15 is 0 Å². The van der Waals surface area contributed by atoms with E-state index in [1.54, 1.807) is 0 Å². The van der Waals surface area contributed by atoms with Crippen molar-refractivity contribution in [1.82, 2.24) is 10.2 Å². The summed E-state index contributed by atoms with van der Waals surface area (Å²) >= 11 is 0. The number of nitrogens with one attached hydrogen (secondary N) is 1. The zero-order valence-corrected chi connectivity index (χ0v) is 11.0. The van der Waals surface area contributed by atoms with Gasteiger partial charge in [0, 0.05) is 12.1 Å². The number of nitrogens with zero attached hydrogens (tertiary/aromatic N) is 1. The molecule has 2 aliphatic rings. The van der Waals surface area contributed by atoms with Crippen LogP contribution >= 0.6 is 0 Å². The molecule has 0 spiro atoms. The summed E-state index contributed by atoms with van der Waals surface area (Å²) in [5.41, 5.74) is 0. The highest BCUT2D eigenvalue weighted by molar-refractivity contribution is 4.83. The van der Waals surface area contributed by atoms with Crippen LogP contribution < -0.4 is 5.32 Å². The van der Waals surface area contributed by atoms with E-state index in [2.05, 4.69) is 24.2 Å². The molecule has 94 valence electrons. The number of hydrogen-bond donors (Lipinski definition) is 1. The Morgan fingerprint density at radius 3 is 2.69 bits per heavy atom. The fourth-order valence-corrected chi connectivity index (χ4v) is 2.85. The fraction of sp³-hybridized carbons (Fsp3) is 1.00. The smallest absolute Gasteiger partial charge is 0.00823 e. The Hall–Kier alpha value is -0.0800. The monoisotopic (exact) mass is 224 g/mol. The van der Waals surface area contributed by atoms with Crippen LogP contribution in [0, 0.1) is 5.92 Å². The van der Waals surface area contributed by atoms with E-state index in [1.807, 2.05) is 0 Å². The Balaban J connectivity index is 1.72. The van der Waals surface area contributed by atoms with Gasteiger partial charge in [-0.1, -0.05) is 19.8 Å². The van der Waals surface area contributed by atoms with Crippen LogP contribution in [0.25, 0.3) is 0 Å². The molecule has 16 heavy (non-hydrogen) atoms. The molecule has 1 N–H and O–H groups in total. The number of hydrogen-bond acceptors (Lipinski definition) is 2. The van der Waals surface area contributed by atoms with Crippen LogP contribution in [0.1, 0.15) is 51.9 Å². The van der Waals surface area contributed by atoms with Crippen molar-refractivity contribution in [2.45, 2.75) is 64.0 Å². The van der Waals surface area contributed by atoms with E-state index in [0.29, 0.717) is 0 Å². The van der Waals surface area contributed by atoms with Crippen LogP contribution in [0.2, 0.25) is 0 Å². The summed E-state index contributed by atoms with van der Waals surface area (Å²) < 4.78 is 0. The first-order chi connectivity index (χ1) is 7.78. The Morgan fingerprint density at radius 1 is 1.19 bits per heavy atom. The second-order valence-electron chi connectivity index (χ2n) is 5.88. The Kier molecular flexibility index (Phi) is 4.66. The normalized spacial score (nSPS) is 30.0. The minimum atomic E-state index is 0.786. The molecule has 2 nitrogen and oxygen atoms in total. The highest BCUT2D eigenvalue weighted by atomic mass is 15.1. The van der Waals surface area contributed by atoms with Gasteiger partial charge in [-0.2, -0.15) is 0 Å². The highest BCUT2D eigenvalue weighted by Gasteiger charge is 2.26. The first-order valence-electron chi connectivity index (χ1n) is 7.22. The van der Waals surface area contributed by atoms with Crippen LogP contribution in [-0.4, -0.2) is 37.1 Å². The van der Waals surface area contributed by atoms with Gasteiger partial charge in [0.1, 0.15) is 0 Å². The summed E-state index contributed by atoms with van der Waals surface area (Å²) in [5, 5.41) is 3.91. The summed E-state index contributed by atoms with van der Waals surface area (Å²) in [5.74, 6) is 1.06. The lowest BCUT2D eigenvalue weighted by Crippen LogP contribution is -2.38. The van der Waals surface area contributed by atoms with Gasteiger partial charge in [0.2, 0.25) is 0 Å². The molecule has 0 aromatic carbocycles. The van der Waals surface area contributed by atoms with Gasteiger partial charge in [-0.3, -0.25) is 0 Å². The quantitative estimate of drug-likeness (QED) is 0.772. The molecule has 0 amide bonds. The lowest BCUT2D eigenvalue weighted by atomic mass is 10.0. The molecule has 1 heterocycles. The molecule has 1 aliphatic carbocycles. The molecule has 2 heteroatoms. The van der Waals surface area contributed by atoms with E-state index < -0.39 is 0 Å². The second kappa shape index (κ2) is 6.02. The Bertz CT molecular complexity index is 201. The van der Waals surface area contributed by atoms with Crippen molar-refractivity contribution in [3.8, 4) is 0 Å². The first-order valence-corrected chi connectivity index (χ1v) is 7.22. The van der Waals surface area contributed by atoms with Crippen molar-refractivity contribution in [2.24, 2.45) is 5.92 Å². The van der Waals surface area contributed by atoms with Crippen molar-refractivity contribution in [1.29, 1.82) is 0 Å². The molecular formula is C14H28N2. The summed E-state index contributed by atoms with van der Waals surface area (Å²) in [6, 6.07) is 1.58. The van der Waals surface area contributed by atoms with Crippen molar-refractivity contribution in [2.75, 3.05) is 20.1 Å². The fourth-order valence-electron chi connectivity index (χ4n) is 2.85. The van der Waals surface area contributed by atoms with E-state index in [-0.39, 0.29) is 0 Å². The molecule has 2 fully saturated rings. The molecule has 1 saturated carbocycles. The third kappa shape index (κ3) is 4.06. The minimum absolute atomic E-state index is 0.786. The van der Waals surface area contributed by atoms with Gasteiger partial charge >= 0.3 is 0 Å². The van der Waals surface area contributed by atoms with E-state index in [9.17, 15) is 0 Å². The van der Waals surface area contributed by atoms with E-state index in [0.717, 1.165) is 18.0 Å². The zero-order valence-electron chi connectivity index (χ0n) is 11.0. The minimum Gasteiger partial charge on any atom is -0.311 e. The predicted molar refractivity (Wildman–Crippen MR) is 69.7 cm³/mol. The molecule has 0 aromatic heterocycles. The summed E-state index contributed by atoms with van der Waals surface area (Å²) in [6.07, 6.45) is 9.82. The topological polar surface area (TPSA) is 15.3 Å². The molecule has 1 saturated heterocycles. The highest BCUT2D eigenvalue weighted by Crippen LogP contribution is 2.34. The van der Waals surface area contributed by atoms with E-state index in [4.69, 9.17) is 0 Å². The van der Waals surface area contributed by atoms with Crippen molar-refractivity contribution >= 4 is 0 Å². The molecule has 2 unspecified atom stereocenters. The third-order valence-corrected chi connectivity index (χ3v) is 4.23. The molecule has 0 aromatic rings. The van der Waals surface area contributed by atoms with Gasteiger partial charge in [-0.25, -0.2) is 0 Å². The average Bonchev–Trinajstić information content (AvgIpc) is 3.08. The van der Waals surface area contributed by atoms with Crippen LogP contribution in [-0.2, 0) is 0 Å². The van der Waals surface area contributed by atoms with E-state index in [1.165, 1.54) is 58.0 Å². The van der Waals surface area contributed by atoms with Gasteiger partial charge < -0.3 is 10.2 Å². The van der Waals surface area contributed by atoms with Crippen LogP contribution in [0.3, 0.4) is 0 Å². The summed E-state index contributed by atoms with van der Waals surface area (Å²) in [7, 11) is 2.25. The SMILES string of the molecule is CCC(CC1CC1)NC1CCCN(C)CC1. The predicted octanol–water partition coefficient (Wildman–Crippen LogP) is 2.64. The molecule has 0 bridgehead atoms. The van der Waals surface area contributed by atoms with Gasteiger partial charge in [0.25, 0.3) is 0 Å². The maximum Gasteiger partial charge on any atom is 0.00823 e. The Morgan fingerprint density at radius 2 is 2.00 bits per heavy atom. The van der Waals surface area contributed by atoms with Crippen LogP contribution in [0.4, 0.5) is 0 Å². The standard InChI is InChI=1S/C14H28N2/c1-3-13(11-12-6-7-12)15-14-5-4-9-16(2)10-8-14/h12-15H,3-11H2,1-2H3. The number of rotatable bonds is 5. The molecular weight excluding hydrogens is 196 g/mol. The second-order valence-corrected chi connectivity index (χ2v) is 5.88. The molecule has 0 radical (unpaired) electrons. The molecule has 1 aliphatic heterocycles. The van der Waals surface area contributed by atoms with Gasteiger partial charge in [-0.05, 0) is 58.2 Å². The zero-order chi connectivity index (χ0) is 11.4. The largest absolute Gasteiger partial charge is 0.311 e. The van der Waals surface area contributed by atoms with Crippen molar-refractivity contribution < 1.29 is 0 Å². The van der Waals surface area contributed by atoms with Gasteiger partial charge in [0.15, 0.2) is 0 Å².